The van der Waals surface area contributed by atoms with Crippen LogP contribution in [0.15, 0.2) is 18.3 Å². The molecule has 0 aliphatic heterocycles. The first-order valence-corrected chi connectivity index (χ1v) is 5.34. The van der Waals surface area contributed by atoms with Gasteiger partial charge in [-0.05, 0) is 26.2 Å². The zero-order valence-electron chi connectivity index (χ0n) is 9.62. The predicted octanol–water partition coefficient (Wildman–Crippen LogP) is 0.682. The third-order valence-corrected chi connectivity index (χ3v) is 2.08. The van der Waals surface area contributed by atoms with Crippen LogP contribution < -0.4 is 5.32 Å². The van der Waals surface area contributed by atoms with Crippen LogP contribution >= 0.6 is 0 Å². The summed E-state index contributed by atoms with van der Waals surface area (Å²) in [6.07, 6.45) is 1.94. The van der Waals surface area contributed by atoms with Crippen LogP contribution in [0.25, 0.3) is 0 Å². The largest absolute Gasteiger partial charge is 0.379 e. The molecule has 1 aromatic heterocycles. The van der Waals surface area contributed by atoms with Gasteiger partial charge in [0.05, 0.1) is 13.2 Å². The Morgan fingerprint density at radius 2 is 2.27 bits per heavy atom. The quantitative estimate of drug-likeness (QED) is 0.621. The average Bonchev–Trinajstić information content (AvgIpc) is 2.68. The number of hydrogen-bond donors (Lipinski definition) is 2. The molecule has 4 heteroatoms. The maximum absolute atomic E-state index is 5.45. The van der Waals surface area contributed by atoms with Crippen molar-refractivity contribution in [2.45, 2.75) is 6.54 Å². The molecule has 4 nitrogen and oxygen atoms in total. The molecule has 2 N–H and O–H groups in total. The van der Waals surface area contributed by atoms with Crippen molar-refractivity contribution in [3.8, 4) is 0 Å². The summed E-state index contributed by atoms with van der Waals surface area (Å²) in [5.74, 6) is 0. The molecule has 0 fully saturated rings. The van der Waals surface area contributed by atoms with Crippen molar-refractivity contribution >= 4 is 0 Å². The van der Waals surface area contributed by atoms with Gasteiger partial charge in [0.1, 0.15) is 0 Å². The Morgan fingerprint density at radius 3 is 2.93 bits per heavy atom. The van der Waals surface area contributed by atoms with Gasteiger partial charge < -0.3 is 19.9 Å². The molecule has 86 valence electrons. The average molecular weight is 211 g/mol. The minimum absolute atomic E-state index is 0.772. The predicted molar refractivity (Wildman–Crippen MR) is 61.9 cm³/mol. The summed E-state index contributed by atoms with van der Waals surface area (Å²) < 4.78 is 5.45. The number of hydrogen-bond acceptors (Lipinski definition) is 3. The van der Waals surface area contributed by atoms with Crippen molar-refractivity contribution in [3.05, 3.63) is 24.0 Å². The van der Waals surface area contributed by atoms with E-state index in [-0.39, 0.29) is 0 Å². The number of likely N-dealkylation sites (N-methyl/N-ethyl adjacent to an activating group) is 1. The highest BCUT2D eigenvalue weighted by molar-refractivity contribution is 5.02. The molecule has 0 amide bonds. The Morgan fingerprint density at radius 1 is 1.40 bits per heavy atom. The van der Waals surface area contributed by atoms with Crippen LogP contribution in [0.2, 0.25) is 0 Å². The maximum atomic E-state index is 5.45. The summed E-state index contributed by atoms with van der Waals surface area (Å²) in [4.78, 5) is 5.26. The fourth-order valence-electron chi connectivity index (χ4n) is 1.19. The lowest BCUT2D eigenvalue weighted by molar-refractivity contribution is 0.119. The molecule has 0 saturated carbocycles. The normalized spacial score (nSPS) is 11.1. The van der Waals surface area contributed by atoms with E-state index in [4.69, 9.17) is 4.74 Å². The lowest BCUT2D eigenvalue weighted by Gasteiger charge is -2.09. The van der Waals surface area contributed by atoms with Crippen molar-refractivity contribution in [3.63, 3.8) is 0 Å². The fourth-order valence-corrected chi connectivity index (χ4v) is 1.19. The molecule has 0 unspecified atom stereocenters. The summed E-state index contributed by atoms with van der Waals surface area (Å²) in [6.45, 7) is 4.33. The van der Waals surface area contributed by atoms with E-state index in [2.05, 4.69) is 21.3 Å². The number of rotatable bonds is 8. The van der Waals surface area contributed by atoms with Crippen molar-refractivity contribution in [1.29, 1.82) is 0 Å². The van der Waals surface area contributed by atoms with Gasteiger partial charge in [0, 0.05) is 31.5 Å². The second kappa shape index (κ2) is 7.45. The summed E-state index contributed by atoms with van der Waals surface area (Å²) in [7, 11) is 4.10. The highest BCUT2D eigenvalue weighted by Gasteiger charge is 1.93. The Labute approximate surface area is 91.6 Å². The number of nitrogens with one attached hydrogen (secondary N) is 2. The molecule has 0 aliphatic carbocycles. The highest BCUT2D eigenvalue weighted by Crippen LogP contribution is 1.91. The molecule has 15 heavy (non-hydrogen) atoms. The zero-order valence-corrected chi connectivity index (χ0v) is 9.62. The van der Waals surface area contributed by atoms with Gasteiger partial charge in [0.15, 0.2) is 0 Å². The summed E-state index contributed by atoms with van der Waals surface area (Å²) >= 11 is 0. The van der Waals surface area contributed by atoms with Gasteiger partial charge in [-0.25, -0.2) is 0 Å². The fraction of sp³-hybridized carbons (Fsp3) is 0.636. The standard InChI is InChI=1S/C11H21N3O/c1-14(2)7-9-15-8-6-12-10-11-4-3-5-13-11/h3-5,12-13H,6-10H2,1-2H3. The van der Waals surface area contributed by atoms with Gasteiger partial charge >= 0.3 is 0 Å². The summed E-state index contributed by atoms with van der Waals surface area (Å²) in [5.41, 5.74) is 1.21. The van der Waals surface area contributed by atoms with Crippen LogP contribution in [-0.2, 0) is 11.3 Å². The van der Waals surface area contributed by atoms with Crippen LogP contribution in [0.5, 0.6) is 0 Å². The van der Waals surface area contributed by atoms with Crippen LogP contribution in [0.3, 0.4) is 0 Å². The molecule has 0 saturated heterocycles. The number of aromatic amines is 1. The number of ether oxygens (including phenoxy) is 1. The summed E-state index contributed by atoms with van der Waals surface area (Å²) in [5, 5.41) is 3.31. The van der Waals surface area contributed by atoms with Gasteiger partial charge in [-0.15, -0.1) is 0 Å². The van der Waals surface area contributed by atoms with E-state index >= 15 is 0 Å². The van der Waals surface area contributed by atoms with E-state index in [1.807, 2.05) is 26.4 Å². The van der Waals surface area contributed by atoms with E-state index < -0.39 is 0 Å². The van der Waals surface area contributed by atoms with Crippen LogP contribution in [0.1, 0.15) is 5.69 Å². The van der Waals surface area contributed by atoms with Gasteiger partial charge in [-0.1, -0.05) is 0 Å². The van der Waals surface area contributed by atoms with E-state index in [9.17, 15) is 0 Å². The molecule has 1 heterocycles. The second-order valence-electron chi connectivity index (χ2n) is 3.79. The Hall–Kier alpha value is -0.840. The zero-order chi connectivity index (χ0) is 10.9. The minimum atomic E-state index is 0.772. The van der Waals surface area contributed by atoms with Crippen molar-refractivity contribution in [2.24, 2.45) is 0 Å². The summed E-state index contributed by atoms with van der Waals surface area (Å²) in [6, 6.07) is 4.07. The molecule has 0 aromatic carbocycles. The molecule has 1 aromatic rings. The number of H-pyrrole nitrogens is 1. The molecule has 0 aliphatic rings. The lowest BCUT2D eigenvalue weighted by Crippen LogP contribution is -2.23. The lowest BCUT2D eigenvalue weighted by atomic mass is 10.4. The Bertz CT molecular complexity index is 234. The monoisotopic (exact) mass is 211 g/mol. The molecular formula is C11H21N3O. The minimum Gasteiger partial charge on any atom is -0.379 e. The number of aromatic nitrogens is 1. The van der Waals surface area contributed by atoms with Crippen LogP contribution in [0.4, 0.5) is 0 Å². The van der Waals surface area contributed by atoms with Crippen LogP contribution in [-0.4, -0.2) is 50.3 Å². The first-order chi connectivity index (χ1) is 7.29. The van der Waals surface area contributed by atoms with E-state index in [0.717, 1.165) is 32.8 Å². The maximum Gasteiger partial charge on any atom is 0.0593 e. The second-order valence-corrected chi connectivity index (χ2v) is 3.79. The van der Waals surface area contributed by atoms with Gasteiger partial charge in [0.2, 0.25) is 0 Å². The Balaban J connectivity index is 1.85. The molecule has 1 rings (SSSR count). The third kappa shape index (κ3) is 6.28. The SMILES string of the molecule is CN(C)CCOCCNCc1ccc[nH]1. The molecular weight excluding hydrogens is 190 g/mol. The highest BCUT2D eigenvalue weighted by atomic mass is 16.5. The van der Waals surface area contributed by atoms with Crippen molar-refractivity contribution < 1.29 is 4.74 Å². The van der Waals surface area contributed by atoms with Gasteiger partial charge in [-0.3, -0.25) is 0 Å². The van der Waals surface area contributed by atoms with Crippen molar-refractivity contribution in [1.82, 2.24) is 15.2 Å². The van der Waals surface area contributed by atoms with Crippen molar-refractivity contribution in [2.75, 3.05) is 40.4 Å². The van der Waals surface area contributed by atoms with Crippen LogP contribution in [0, 0.1) is 0 Å². The molecule has 0 spiro atoms. The van der Waals surface area contributed by atoms with E-state index in [1.54, 1.807) is 0 Å². The first-order valence-electron chi connectivity index (χ1n) is 5.34. The topological polar surface area (TPSA) is 40.3 Å². The molecule has 0 atom stereocenters. The third-order valence-electron chi connectivity index (χ3n) is 2.08. The van der Waals surface area contributed by atoms with Gasteiger partial charge in [0.25, 0.3) is 0 Å². The first kappa shape index (κ1) is 12.2. The smallest absolute Gasteiger partial charge is 0.0593 e. The molecule has 0 radical (unpaired) electrons. The Kier molecular flexibility index (Phi) is 6.08. The number of nitrogens with zero attached hydrogens (tertiary/aromatic N) is 1. The van der Waals surface area contributed by atoms with Gasteiger partial charge in [-0.2, -0.15) is 0 Å². The van der Waals surface area contributed by atoms with E-state index in [1.165, 1.54) is 5.69 Å². The van der Waals surface area contributed by atoms with E-state index in [0.29, 0.717) is 0 Å². The molecule has 0 bridgehead atoms.